The summed E-state index contributed by atoms with van der Waals surface area (Å²) in [5, 5.41) is 0. The van der Waals surface area contributed by atoms with E-state index >= 15 is 0 Å². The van der Waals surface area contributed by atoms with Gasteiger partial charge in [-0.15, -0.1) is 0 Å². The second-order valence-corrected chi connectivity index (χ2v) is 7.78. The van der Waals surface area contributed by atoms with E-state index in [9.17, 15) is 9.18 Å². The van der Waals surface area contributed by atoms with E-state index in [0.29, 0.717) is 13.2 Å². The summed E-state index contributed by atoms with van der Waals surface area (Å²) in [5.41, 5.74) is 0.187. The van der Waals surface area contributed by atoms with Gasteiger partial charge < -0.3 is 14.4 Å². The lowest BCUT2D eigenvalue weighted by Gasteiger charge is -2.47. The summed E-state index contributed by atoms with van der Waals surface area (Å²) in [5.74, 6) is -1.23. The molecule has 0 atom stereocenters. The number of amides is 1. The molecule has 1 saturated heterocycles. The molecule has 2 aliphatic rings. The molecule has 1 amide bonds. The van der Waals surface area contributed by atoms with Crippen LogP contribution in [0, 0.1) is 11.2 Å². The van der Waals surface area contributed by atoms with Crippen LogP contribution in [0.4, 0.5) is 4.39 Å². The molecule has 5 heteroatoms. The normalized spacial score (nSPS) is 23.2. The van der Waals surface area contributed by atoms with Crippen molar-refractivity contribution in [3.63, 3.8) is 0 Å². The summed E-state index contributed by atoms with van der Waals surface area (Å²) in [4.78, 5) is 14.2. The van der Waals surface area contributed by atoms with Crippen molar-refractivity contribution in [2.24, 2.45) is 5.41 Å². The number of hydrogen-bond acceptors (Lipinski definition) is 3. The maximum atomic E-state index is 13.8. The summed E-state index contributed by atoms with van der Waals surface area (Å²) in [6.07, 6.45) is 3.14. The van der Waals surface area contributed by atoms with Crippen LogP contribution in [-0.4, -0.2) is 42.9 Å². The highest BCUT2D eigenvalue weighted by Crippen LogP contribution is 2.40. The van der Waals surface area contributed by atoms with Gasteiger partial charge in [0.1, 0.15) is 5.82 Å². The Labute approximate surface area is 142 Å². The fourth-order valence-electron chi connectivity index (χ4n) is 3.45. The summed E-state index contributed by atoms with van der Waals surface area (Å²) in [6.45, 7) is 5.65. The molecule has 0 bridgehead atoms. The highest BCUT2D eigenvalue weighted by Gasteiger charge is 2.44. The SMILES string of the molecule is CN(C(=O)c1ccccc1F)C1CCC2(CC1)OCC(C)(C)CO2. The van der Waals surface area contributed by atoms with Crippen molar-refractivity contribution in [2.75, 3.05) is 20.3 Å². The number of nitrogens with zero attached hydrogens (tertiary/aromatic N) is 1. The maximum absolute atomic E-state index is 13.8. The zero-order valence-corrected chi connectivity index (χ0v) is 14.7. The van der Waals surface area contributed by atoms with Gasteiger partial charge in [-0.3, -0.25) is 4.79 Å². The smallest absolute Gasteiger partial charge is 0.256 e. The molecule has 2 fully saturated rings. The number of carbonyl (C=O) groups is 1. The number of ether oxygens (including phenoxy) is 2. The first-order valence-electron chi connectivity index (χ1n) is 8.62. The van der Waals surface area contributed by atoms with E-state index in [-0.39, 0.29) is 22.9 Å². The molecule has 132 valence electrons. The minimum absolute atomic E-state index is 0.0553. The van der Waals surface area contributed by atoms with Crippen molar-refractivity contribution >= 4 is 5.91 Å². The Hall–Kier alpha value is -1.46. The molecular formula is C19H26FNO3. The summed E-state index contributed by atoms with van der Waals surface area (Å²) in [6, 6.07) is 6.22. The van der Waals surface area contributed by atoms with Crippen LogP contribution in [0.25, 0.3) is 0 Å². The van der Waals surface area contributed by atoms with Crippen LogP contribution in [0.2, 0.25) is 0 Å². The van der Waals surface area contributed by atoms with E-state index in [1.54, 1.807) is 24.1 Å². The van der Waals surface area contributed by atoms with Gasteiger partial charge in [0, 0.05) is 31.3 Å². The van der Waals surface area contributed by atoms with Crippen LogP contribution in [0.1, 0.15) is 49.9 Å². The van der Waals surface area contributed by atoms with Gasteiger partial charge in [-0.05, 0) is 25.0 Å². The van der Waals surface area contributed by atoms with Gasteiger partial charge in [0.25, 0.3) is 5.91 Å². The highest BCUT2D eigenvalue weighted by molar-refractivity contribution is 5.94. The van der Waals surface area contributed by atoms with Crippen LogP contribution >= 0.6 is 0 Å². The molecule has 4 nitrogen and oxygen atoms in total. The molecule has 1 spiro atoms. The molecule has 1 aromatic carbocycles. The number of rotatable bonds is 2. The molecule has 3 rings (SSSR count). The maximum Gasteiger partial charge on any atom is 0.256 e. The van der Waals surface area contributed by atoms with Gasteiger partial charge in [0.2, 0.25) is 0 Å². The minimum Gasteiger partial charge on any atom is -0.349 e. The Balaban J connectivity index is 1.60. The molecule has 24 heavy (non-hydrogen) atoms. The predicted molar refractivity (Wildman–Crippen MR) is 89.2 cm³/mol. The van der Waals surface area contributed by atoms with Crippen molar-refractivity contribution in [2.45, 2.75) is 51.4 Å². The Morgan fingerprint density at radius 2 is 1.75 bits per heavy atom. The molecular weight excluding hydrogens is 309 g/mol. The summed E-state index contributed by atoms with van der Waals surface area (Å²) >= 11 is 0. The quantitative estimate of drug-likeness (QED) is 0.829. The van der Waals surface area contributed by atoms with Gasteiger partial charge >= 0.3 is 0 Å². The number of benzene rings is 1. The Morgan fingerprint density at radius 1 is 1.17 bits per heavy atom. The first-order chi connectivity index (χ1) is 11.3. The van der Waals surface area contributed by atoms with E-state index < -0.39 is 11.6 Å². The van der Waals surface area contributed by atoms with Gasteiger partial charge in [-0.1, -0.05) is 26.0 Å². The molecule has 0 radical (unpaired) electrons. The fourth-order valence-corrected chi connectivity index (χ4v) is 3.45. The van der Waals surface area contributed by atoms with Gasteiger partial charge in [0.15, 0.2) is 5.79 Å². The molecule has 0 N–H and O–H groups in total. The first-order valence-corrected chi connectivity index (χ1v) is 8.62. The predicted octanol–water partition coefficient (Wildman–Crippen LogP) is 3.61. The average Bonchev–Trinajstić information content (AvgIpc) is 2.58. The van der Waals surface area contributed by atoms with Crippen molar-refractivity contribution in [3.05, 3.63) is 35.6 Å². The molecule has 1 aliphatic carbocycles. The van der Waals surface area contributed by atoms with Gasteiger partial charge in [0.05, 0.1) is 18.8 Å². The zero-order valence-electron chi connectivity index (χ0n) is 14.7. The zero-order chi connectivity index (χ0) is 17.4. The minimum atomic E-state index is -0.492. The van der Waals surface area contributed by atoms with Crippen molar-refractivity contribution in [1.82, 2.24) is 4.90 Å². The van der Waals surface area contributed by atoms with E-state index in [0.717, 1.165) is 25.7 Å². The second kappa shape index (κ2) is 6.45. The summed E-state index contributed by atoms with van der Waals surface area (Å²) in [7, 11) is 1.75. The summed E-state index contributed by atoms with van der Waals surface area (Å²) < 4.78 is 25.9. The Kier molecular flexibility index (Phi) is 4.67. The molecule has 1 aromatic rings. The van der Waals surface area contributed by atoms with Crippen LogP contribution in [0.15, 0.2) is 24.3 Å². The number of hydrogen-bond donors (Lipinski definition) is 0. The molecule has 1 heterocycles. The first kappa shape index (κ1) is 17.4. The largest absolute Gasteiger partial charge is 0.349 e. The number of carbonyl (C=O) groups excluding carboxylic acids is 1. The second-order valence-electron chi connectivity index (χ2n) is 7.78. The topological polar surface area (TPSA) is 38.8 Å². The third-order valence-corrected chi connectivity index (χ3v) is 5.14. The van der Waals surface area contributed by atoms with E-state index in [4.69, 9.17) is 9.47 Å². The monoisotopic (exact) mass is 335 g/mol. The number of halogens is 1. The Morgan fingerprint density at radius 3 is 2.33 bits per heavy atom. The molecule has 0 unspecified atom stereocenters. The Bertz CT molecular complexity index is 596. The van der Waals surface area contributed by atoms with Crippen molar-refractivity contribution in [3.8, 4) is 0 Å². The van der Waals surface area contributed by atoms with Crippen LogP contribution in [0.3, 0.4) is 0 Å². The third-order valence-electron chi connectivity index (χ3n) is 5.14. The lowest BCUT2D eigenvalue weighted by molar-refractivity contribution is -0.312. The average molecular weight is 335 g/mol. The highest BCUT2D eigenvalue weighted by atomic mass is 19.1. The van der Waals surface area contributed by atoms with Gasteiger partial charge in [-0.25, -0.2) is 4.39 Å². The lowest BCUT2D eigenvalue weighted by atomic mass is 9.86. The lowest BCUT2D eigenvalue weighted by Crippen LogP contribution is -2.52. The molecule has 1 aliphatic heterocycles. The van der Waals surface area contributed by atoms with Gasteiger partial charge in [-0.2, -0.15) is 0 Å². The third kappa shape index (κ3) is 3.47. The van der Waals surface area contributed by atoms with Crippen molar-refractivity contribution < 1.29 is 18.7 Å². The van der Waals surface area contributed by atoms with Crippen LogP contribution in [0.5, 0.6) is 0 Å². The standard InChI is InChI=1S/C19H26FNO3/c1-18(2)12-23-19(24-13-18)10-8-14(9-11-19)21(3)17(22)15-6-4-5-7-16(15)20/h4-7,14H,8-13H2,1-3H3. The molecule has 0 aromatic heterocycles. The van der Waals surface area contributed by atoms with E-state index in [1.807, 2.05) is 0 Å². The van der Waals surface area contributed by atoms with Crippen LogP contribution < -0.4 is 0 Å². The van der Waals surface area contributed by atoms with Crippen LogP contribution in [-0.2, 0) is 9.47 Å². The van der Waals surface area contributed by atoms with E-state index in [2.05, 4.69) is 13.8 Å². The molecule has 1 saturated carbocycles. The fraction of sp³-hybridized carbons (Fsp3) is 0.632. The van der Waals surface area contributed by atoms with E-state index in [1.165, 1.54) is 12.1 Å². The van der Waals surface area contributed by atoms with Crippen molar-refractivity contribution in [1.29, 1.82) is 0 Å².